The number of benzene rings is 2. The van der Waals surface area contributed by atoms with Crippen LogP contribution in [-0.4, -0.2) is 16.0 Å². The van der Waals surface area contributed by atoms with E-state index >= 15 is 0 Å². The lowest BCUT2D eigenvalue weighted by atomic mass is 10.1. The molecule has 5 nitrogen and oxygen atoms in total. The van der Waals surface area contributed by atoms with Crippen LogP contribution in [-0.2, 0) is 6.54 Å². The molecule has 146 valence electrons. The number of hydrogen-bond acceptors (Lipinski definition) is 5. The summed E-state index contributed by atoms with van der Waals surface area (Å²) in [6.07, 6.45) is 1.67. The van der Waals surface area contributed by atoms with E-state index in [0.29, 0.717) is 18.1 Å². The summed E-state index contributed by atoms with van der Waals surface area (Å²) in [5.41, 5.74) is 1.13. The molecule has 0 atom stereocenters. The first-order valence-corrected chi connectivity index (χ1v) is 10.4. The monoisotopic (exact) mass is 411 g/mol. The molecule has 0 saturated heterocycles. The van der Waals surface area contributed by atoms with Gasteiger partial charge in [0.05, 0.1) is 6.54 Å². The maximum atomic E-state index is 13.3. The van der Waals surface area contributed by atoms with Crippen LogP contribution in [0.3, 0.4) is 0 Å². The Morgan fingerprint density at radius 1 is 0.933 bits per heavy atom. The maximum Gasteiger partial charge on any atom is 0.281 e. The van der Waals surface area contributed by atoms with Crippen LogP contribution in [0, 0.1) is 0 Å². The lowest BCUT2D eigenvalue weighted by Gasteiger charge is -2.19. The summed E-state index contributed by atoms with van der Waals surface area (Å²) in [6.45, 7) is 0.422. The van der Waals surface area contributed by atoms with Crippen molar-refractivity contribution in [1.29, 1.82) is 0 Å². The van der Waals surface area contributed by atoms with Gasteiger partial charge in [-0.25, -0.2) is 4.98 Å². The van der Waals surface area contributed by atoms with Gasteiger partial charge in [0.2, 0.25) is 0 Å². The van der Waals surface area contributed by atoms with Crippen LogP contribution >= 0.6 is 11.3 Å². The van der Waals surface area contributed by atoms with E-state index in [0.717, 1.165) is 21.2 Å². The molecule has 0 aliphatic rings. The Bertz CT molecular complexity index is 1300. The van der Waals surface area contributed by atoms with Gasteiger partial charge in [-0.2, -0.15) is 0 Å². The summed E-state index contributed by atoms with van der Waals surface area (Å²) in [5, 5.41) is 8.30. The molecule has 0 aliphatic carbocycles. The number of nitrogens with zero attached hydrogens (tertiary/aromatic N) is 3. The van der Waals surface area contributed by atoms with Crippen molar-refractivity contribution in [3.05, 3.63) is 101 Å². The Kier molecular flexibility index (Phi) is 4.83. The smallest absolute Gasteiger partial charge is 0.281 e. The molecular weight excluding hydrogens is 394 g/mol. The maximum absolute atomic E-state index is 13.3. The van der Waals surface area contributed by atoms with Crippen LogP contribution in [0.1, 0.15) is 15.4 Å². The fourth-order valence-electron chi connectivity index (χ4n) is 3.32. The predicted molar refractivity (Wildman–Crippen MR) is 119 cm³/mol. The Balaban J connectivity index is 1.47. The van der Waals surface area contributed by atoms with Gasteiger partial charge < -0.3 is 4.52 Å². The molecule has 0 bridgehead atoms. The third-order valence-electron chi connectivity index (χ3n) is 4.83. The molecule has 0 radical (unpaired) electrons. The number of hydrogen-bond donors (Lipinski definition) is 0. The molecule has 3 heterocycles. The Labute approximate surface area is 177 Å². The first kappa shape index (κ1) is 18.3. The van der Waals surface area contributed by atoms with Crippen molar-refractivity contribution in [3.8, 4) is 11.3 Å². The Morgan fingerprint density at radius 3 is 2.60 bits per heavy atom. The number of rotatable bonds is 5. The highest BCUT2D eigenvalue weighted by atomic mass is 32.1. The average Bonchev–Trinajstić information content (AvgIpc) is 3.50. The van der Waals surface area contributed by atoms with Crippen LogP contribution in [0.15, 0.2) is 95.0 Å². The summed E-state index contributed by atoms with van der Waals surface area (Å²) in [6, 6.07) is 25.3. The van der Waals surface area contributed by atoms with Gasteiger partial charge in [-0.15, -0.1) is 11.3 Å². The molecule has 0 aliphatic heterocycles. The van der Waals surface area contributed by atoms with Gasteiger partial charge in [-0.05, 0) is 40.4 Å². The number of pyridine rings is 1. The van der Waals surface area contributed by atoms with E-state index < -0.39 is 0 Å². The minimum Gasteiger partial charge on any atom is -0.355 e. The van der Waals surface area contributed by atoms with Crippen LogP contribution in [0.5, 0.6) is 0 Å². The highest BCUT2D eigenvalue weighted by Gasteiger charge is 2.23. The summed E-state index contributed by atoms with van der Waals surface area (Å²) < 4.78 is 5.53. The van der Waals surface area contributed by atoms with Gasteiger partial charge in [0.1, 0.15) is 5.82 Å². The summed E-state index contributed by atoms with van der Waals surface area (Å²) in [7, 11) is 0. The lowest BCUT2D eigenvalue weighted by molar-refractivity contribution is 0.0976. The van der Waals surface area contributed by atoms with Gasteiger partial charge in [0.25, 0.3) is 5.91 Å². The van der Waals surface area contributed by atoms with Crippen molar-refractivity contribution in [3.63, 3.8) is 0 Å². The number of aromatic nitrogens is 2. The summed E-state index contributed by atoms with van der Waals surface area (Å²) in [5.74, 6) is 0.880. The second kappa shape index (κ2) is 7.93. The topological polar surface area (TPSA) is 59.2 Å². The van der Waals surface area contributed by atoms with Gasteiger partial charge in [-0.3, -0.25) is 9.69 Å². The molecule has 0 unspecified atom stereocenters. The second-order valence-corrected chi connectivity index (χ2v) is 7.83. The van der Waals surface area contributed by atoms with Crippen molar-refractivity contribution in [2.45, 2.75) is 6.54 Å². The Morgan fingerprint density at radius 2 is 1.80 bits per heavy atom. The molecule has 1 amide bonds. The van der Waals surface area contributed by atoms with Gasteiger partial charge >= 0.3 is 0 Å². The summed E-state index contributed by atoms with van der Waals surface area (Å²) >= 11 is 1.60. The number of amides is 1. The van der Waals surface area contributed by atoms with Crippen molar-refractivity contribution in [1.82, 2.24) is 10.1 Å². The van der Waals surface area contributed by atoms with Crippen molar-refractivity contribution < 1.29 is 9.32 Å². The largest absolute Gasteiger partial charge is 0.355 e. The standard InChI is InChI=1S/C24H17N3O2S/c28-24(27(16-20-8-5-13-30-20)23-9-3-4-12-25-23)21-15-22(29-26-21)19-11-10-17-6-1-2-7-18(17)14-19/h1-15H,16H2. The highest BCUT2D eigenvalue weighted by molar-refractivity contribution is 7.09. The van der Waals surface area contributed by atoms with E-state index in [4.69, 9.17) is 4.52 Å². The van der Waals surface area contributed by atoms with Crippen molar-refractivity contribution in [2.75, 3.05) is 4.90 Å². The van der Waals surface area contributed by atoms with Crippen molar-refractivity contribution in [2.24, 2.45) is 0 Å². The molecule has 0 saturated carbocycles. The molecule has 0 fully saturated rings. The van der Waals surface area contributed by atoms with E-state index in [2.05, 4.69) is 16.2 Å². The number of fused-ring (bicyclic) bond motifs is 1. The normalized spacial score (nSPS) is 10.9. The fraction of sp³-hybridized carbons (Fsp3) is 0.0417. The number of thiophene rings is 1. The number of carbonyl (C=O) groups is 1. The zero-order chi connectivity index (χ0) is 20.3. The van der Waals surface area contributed by atoms with E-state index in [1.165, 1.54) is 0 Å². The van der Waals surface area contributed by atoms with Crippen LogP contribution in [0.2, 0.25) is 0 Å². The molecule has 3 aromatic heterocycles. The Hall–Kier alpha value is -3.77. The highest BCUT2D eigenvalue weighted by Crippen LogP contribution is 2.26. The molecule has 6 heteroatoms. The lowest BCUT2D eigenvalue weighted by Crippen LogP contribution is -2.31. The van der Waals surface area contributed by atoms with Crippen LogP contribution < -0.4 is 4.90 Å². The van der Waals surface area contributed by atoms with Gasteiger partial charge in [0, 0.05) is 22.7 Å². The number of anilines is 1. The van der Waals surface area contributed by atoms with Crippen molar-refractivity contribution >= 4 is 33.8 Å². The quantitative estimate of drug-likeness (QED) is 0.367. The number of carbonyl (C=O) groups excluding carboxylic acids is 1. The van der Waals surface area contributed by atoms with Gasteiger partial charge in [0.15, 0.2) is 11.5 Å². The van der Waals surface area contributed by atoms with E-state index in [1.807, 2.05) is 72.1 Å². The van der Waals surface area contributed by atoms with Crippen LogP contribution in [0.4, 0.5) is 5.82 Å². The zero-order valence-corrected chi connectivity index (χ0v) is 16.8. The molecule has 5 rings (SSSR count). The minimum absolute atomic E-state index is 0.250. The van der Waals surface area contributed by atoms with E-state index in [9.17, 15) is 4.79 Å². The molecule has 2 aromatic carbocycles. The molecular formula is C24H17N3O2S. The third-order valence-corrected chi connectivity index (χ3v) is 5.69. The zero-order valence-electron chi connectivity index (χ0n) is 15.9. The molecule has 0 spiro atoms. The third kappa shape index (κ3) is 3.60. The molecule has 30 heavy (non-hydrogen) atoms. The van der Waals surface area contributed by atoms with Gasteiger partial charge in [-0.1, -0.05) is 53.7 Å². The fourth-order valence-corrected chi connectivity index (χ4v) is 4.01. The SMILES string of the molecule is O=C(c1cc(-c2ccc3ccccc3c2)on1)N(Cc1cccs1)c1ccccn1. The second-order valence-electron chi connectivity index (χ2n) is 6.80. The first-order valence-electron chi connectivity index (χ1n) is 9.49. The van der Waals surface area contributed by atoms with E-state index in [-0.39, 0.29) is 11.6 Å². The first-order chi connectivity index (χ1) is 14.8. The molecule has 0 N–H and O–H groups in total. The molecule has 5 aromatic rings. The predicted octanol–water partition coefficient (Wildman–Crippen LogP) is 5.80. The van der Waals surface area contributed by atoms with Crippen LogP contribution in [0.25, 0.3) is 22.1 Å². The average molecular weight is 411 g/mol. The van der Waals surface area contributed by atoms with E-state index in [1.54, 1.807) is 28.5 Å². The minimum atomic E-state index is -0.252. The summed E-state index contributed by atoms with van der Waals surface area (Å²) in [4.78, 5) is 20.3.